The van der Waals surface area contributed by atoms with Crippen molar-refractivity contribution in [3.05, 3.63) is 93.6 Å². The predicted molar refractivity (Wildman–Crippen MR) is 125 cm³/mol. The Morgan fingerprint density at radius 2 is 1.88 bits per heavy atom. The lowest BCUT2D eigenvalue weighted by atomic mass is 9.92. The van der Waals surface area contributed by atoms with Gasteiger partial charge in [0.25, 0.3) is 5.91 Å². The Bertz CT molecular complexity index is 1280. The van der Waals surface area contributed by atoms with Crippen molar-refractivity contribution >= 4 is 35.1 Å². The van der Waals surface area contributed by atoms with Crippen LogP contribution in [0.5, 0.6) is 5.88 Å². The lowest BCUT2D eigenvalue weighted by Crippen LogP contribution is -2.36. The van der Waals surface area contributed by atoms with Crippen molar-refractivity contribution < 1.29 is 14.3 Å². The molecule has 6 heteroatoms. The summed E-state index contributed by atoms with van der Waals surface area (Å²) >= 11 is 5.93. The van der Waals surface area contributed by atoms with Gasteiger partial charge >= 0.3 is 0 Å². The molecule has 4 rings (SSSR count). The van der Waals surface area contributed by atoms with Gasteiger partial charge in [0, 0.05) is 41.9 Å². The molecule has 0 atom stereocenters. The van der Waals surface area contributed by atoms with Crippen LogP contribution >= 0.6 is 11.6 Å². The highest BCUT2D eigenvalue weighted by Gasteiger charge is 2.32. The third-order valence-corrected chi connectivity index (χ3v) is 5.35. The zero-order valence-electron chi connectivity index (χ0n) is 17.6. The quantitative estimate of drug-likeness (QED) is 0.338. The standard InChI is InChI=1S/C26H19ClN2O3/c1-29-23-12-8-17(4-3-5-19-9-13-24(32-2)28-16-19)14-21(23)25(30)22(26(29)31)15-18-6-10-20(27)11-7-18/h6-16H,5H2,1-2H3/b22-15-. The summed E-state index contributed by atoms with van der Waals surface area (Å²) in [4.78, 5) is 31.6. The van der Waals surface area contributed by atoms with Gasteiger partial charge < -0.3 is 9.64 Å². The van der Waals surface area contributed by atoms with Gasteiger partial charge in [0.05, 0.1) is 18.4 Å². The molecular weight excluding hydrogens is 424 g/mol. The zero-order chi connectivity index (χ0) is 22.7. The number of ketones is 1. The Morgan fingerprint density at radius 1 is 1.09 bits per heavy atom. The molecule has 2 heterocycles. The van der Waals surface area contributed by atoms with Gasteiger partial charge in [0.15, 0.2) is 0 Å². The molecule has 0 saturated heterocycles. The van der Waals surface area contributed by atoms with Gasteiger partial charge in [0.2, 0.25) is 11.7 Å². The number of benzene rings is 2. The smallest absolute Gasteiger partial charge is 0.262 e. The van der Waals surface area contributed by atoms with Crippen molar-refractivity contribution in [1.82, 2.24) is 4.98 Å². The first kappa shape index (κ1) is 21.4. The van der Waals surface area contributed by atoms with Crippen molar-refractivity contribution in [1.29, 1.82) is 0 Å². The average molecular weight is 443 g/mol. The van der Waals surface area contributed by atoms with Gasteiger partial charge in [-0.1, -0.05) is 41.6 Å². The van der Waals surface area contributed by atoms with E-state index >= 15 is 0 Å². The van der Waals surface area contributed by atoms with Crippen LogP contribution in [-0.2, 0) is 11.2 Å². The van der Waals surface area contributed by atoms with Gasteiger partial charge in [0.1, 0.15) is 0 Å². The van der Waals surface area contributed by atoms with Gasteiger partial charge in [-0.3, -0.25) is 9.59 Å². The summed E-state index contributed by atoms with van der Waals surface area (Å²) < 4.78 is 5.06. The largest absolute Gasteiger partial charge is 0.481 e. The van der Waals surface area contributed by atoms with E-state index in [-0.39, 0.29) is 17.3 Å². The van der Waals surface area contributed by atoms with Crippen LogP contribution in [0.3, 0.4) is 0 Å². The van der Waals surface area contributed by atoms with E-state index in [4.69, 9.17) is 16.3 Å². The van der Waals surface area contributed by atoms with Crippen LogP contribution in [0, 0.1) is 11.8 Å². The van der Waals surface area contributed by atoms with E-state index in [9.17, 15) is 9.59 Å². The summed E-state index contributed by atoms with van der Waals surface area (Å²) in [7, 11) is 3.23. The molecule has 0 bridgehead atoms. The monoisotopic (exact) mass is 442 g/mol. The lowest BCUT2D eigenvalue weighted by Gasteiger charge is -2.26. The fourth-order valence-corrected chi connectivity index (χ4v) is 3.48. The molecule has 0 radical (unpaired) electrons. The molecule has 0 N–H and O–H groups in total. The number of rotatable bonds is 3. The number of aromatic nitrogens is 1. The molecule has 1 amide bonds. The number of carbonyl (C=O) groups excluding carboxylic acids is 2. The molecular formula is C26H19ClN2O3. The first-order valence-electron chi connectivity index (χ1n) is 9.88. The van der Waals surface area contributed by atoms with E-state index in [0.29, 0.717) is 34.1 Å². The number of anilines is 1. The molecule has 0 saturated carbocycles. The fourth-order valence-electron chi connectivity index (χ4n) is 3.36. The molecule has 0 spiro atoms. The van der Waals surface area contributed by atoms with E-state index in [1.807, 2.05) is 12.1 Å². The number of amides is 1. The van der Waals surface area contributed by atoms with Crippen molar-refractivity contribution in [2.75, 3.05) is 19.1 Å². The predicted octanol–water partition coefficient (Wildman–Crippen LogP) is 4.58. The second-order valence-electron chi connectivity index (χ2n) is 7.22. The number of carbonyl (C=O) groups is 2. The van der Waals surface area contributed by atoms with Crippen molar-refractivity contribution in [3.8, 4) is 17.7 Å². The maximum absolute atomic E-state index is 13.1. The minimum atomic E-state index is -0.344. The van der Waals surface area contributed by atoms with E-state index in [1.165, 1.54) is 4.90 Å². The topological polar surface area (TPSA) is 59.5 Å². The van der Waals surface area contributed by atoms with E-state index < -0.39 is 0 Å². The highest BCUT2D eigenvalue weighted by Crippen LogP contribution is 2.31. The van der Waals surface area contributed by atoms with E-state index in [2.05, 4.69) is 16.8 Å². The summed E-state index contributed by atoms with van der Waals surface area (Å²) in [6.07, 6.45) is 3.83. The number of halogens is 1. The fraction of sp³-hybridized carbons (Fsp3) is 0.115. The molecule has 32 heavy (non-hydrogen) atoms. The summed E-state index contributed by atoms with van der Waals surface area (Å²) in [6, 6.07) is 16.0. The summed E-state index contributed by atoms with van der Waals surface area (Å²) in [5.41, 5.74) is 3.52. The van der Waals surface area contributed by atoms with E-state index in [0.717, 1.165) is 11.1 Å². The molecule has 3 aromatic rings. The maximum atomic E-state index is 13.1. The number of hydrogen-bond donors (Lipinski definition) is 0. The number of fused-ring (bicyclic) bond motifs is 1. The van der Waals surface area contributed by atoms with Crippen LogP contribution in [0.1, 0.15) is 27.0 Å². The Hall–Kier alpha value is -3.88. The third kappa shape index (κ3) is 4.41. The second kappa shape index (κ2) is 9.09. The minimum Gasteiger partial charge on any atom is -0.481 e. The Morgan fingerprint density at radius 3 is 2.56 bits per heavy atom. The van der Waals surface area contributed by atoms with Crippen LogP contribution < -0.4 is 9.64 Å². The number of Topliss-reactive ketones (excluding diaryl/α,β-unsaturated/α-hetero) is 1. The van der Waals surface area contributed by atoms with Crippen molar-refractivity contribution in [2.24, 2.45) is 0 Å². The molecule has 0 fully saturated rings. The van der Waals surface area contributed by atoms with Crippen LogP contribution in [0.25, 0.3) is 6.08 Å². The SMILES string of the molecule is COc1ccc(CC#Cc2ccc3c(c2)C(=O)/C(=C/c2ccc(Cl)cc2)C(=O)N3C)cn1. The van der Waals surface area contributed by atoms with Crippen LogP contribution in [0.2, 0.25) is 5.02 Å². The normalized spacial score (nSPS) is 14.1. The molecule has 1 aromatic heterocycles. The lowest BCUT2D eigenvalue weighted by molar-refractivity contribution is -0.114. The Balaban J connectivity index is 1.61. The molecule has 2 aromatic carbocycles. The average Bonchev–Trinajstić information content (AvgIpc) is 2.82. The number of pyridine rings is 1. The number of nitrogens with zero attached hydrogens (tertiary/aromatic N) is 2. The van der Waals surface area contributed by atoms with Crippen molar-refractivity contribution in [3.63, 3.8) is 0 Å². The highest BCUT2D eigenvalue weighted by atomic mass is 35.5. The van der Waals surface area contributed by atoms with Gasteiger partial charge in [-0.25, -0.2) is 4.98 Å². The molecule has 0 aliphatic carbocycles. The first-order valence-corrected chi connectivity index (χ1v) is 10.3. The number of likely N-dealkylation sites (N-methyl/N-ethyl adjacent to an activating group) is 1. The number of methoxy groups -OCH3 is 1. The highest BCUT2D eigenvalue weighted by molar-refractivity contribution is 6.36. The summed E-state index contributed by atoms with van der Waals surface area (Å²) in [5.74, 6) is 6.08. The summed E-state index contributed by atoms with van der Waals surface area (Å²) in [6.45, 7) is 0. The second-order valence-corrected chi connectivity index (χ2v) is 7.66. The van der Waals surface area contributed by atoms with Gasteiger partial charge in [-0.15, -0.1) is 0 Å². The molecule has 0 unspecified atom stereocenters. The number of ether oxygens (including phenoxy) is 1. The van der Waals surface area contributed by atoms with Gasteiger partial charge in [-0.05, 0) is 47.5 Å². The van der Waals surface area contributed by atoms with Crippen molar-refractivity contribution in [2.45, 2.75) is 6.42 Å². The van der Waals surface area contributed by atoms with Gasteiger partial charge in [-0.2, -0.15) is 0 Å². The van der Waals surface area contributed by atoms with Crippen LogP contribution in [-0.4, -0.2) is 30.8 Å². The van der Waals surface area contributed by atoms with E-state index in [1.54, 1.807) is 68.9 Å². The minimum absolute atomic E-state index is 0.108. The first-order chi connectivity index (χ1) is 15.5. The Labute approximate surface area is 191 Å². The van der Waals surface area contributed by atoms with Crippen LogP contribution in [0.15, 0.2) is 66.4 Å². The molecule has 1 aliphatic heterocycles. The zero-order valence-corrected chi connectivity index (χ0v) is 18.3. The molecule has 158 valence electrons. The summed E-state index contributed by atoms with van der Waals surface area (Å²) in [5, 5.41) is 0.588. The third-order valence-electron chi connectivity index (χ3n) is 5.10. The van der Waals surface area contributed by atoms with Crippen LogP contribution in [0.4, 0.5) is 5.69 Å². The molecule has 1 aliphatic rings. The number of hydrogen-bond acceptors (Lipinski definition) is 4. The molecule has 5 nitrogen and oxygen atoms in total. The maximum Gasteiger partial charge on any atom is 0.262 e. The Kier molecular flexibility index (Phi) is 6.07.